The van der Waals surface area contributed by atoms with Gasteiger partial charge in [0.05, 0.1) is 11.7 Å². The maximum atomic E-state index is 13.3. The maximum Gasteiger partial charge on any atom is 0.255 e. The minimum atomic E-state index is 0.100. The molecule has 4 rings (SSSR count). The summed E-state index contributed by atoms with van der Waals surface area (Å²) >= 11 is 0. The van der Waals surface area contributed by atoms with E-state index >= 15 is 0 Å². The van der Waals surface area contributed by atoms with Crippen LogP contribution in [0.2, 0.25) is 0 Å². The quantitative estimate of drug-likeness (QED) is 0.783. The number of H-pyrrole nitrogens is 1. The Hall–Kier alpha value is -2.56. The van der Waals surface area contributed by atoms with Crippen LogP contribution in [-0.2, 0) is 6.54 Å². The van der Waals surface area contributed by atoms with E-state index in [-0.39, 0.29) is 11.9 Å². The second kappa shape index (κ2) is 6.39. The molecule has 3 aromatic rings. The standard InChI is InChI=1S/C20H24N4O/c1-14(2)13-23-12-9-15-16(5-3-6-18(15)23)20(25)24-11-4-7-19(24)17-8-10-21-22-17/h3,5-6,8-10,12,14,19H,4,7,11,13H2,1-2H3,(H,21,22). The smallest absolute Gasteiger partial charge is 0.255 e. The van der Waals surface area contributed by atoms with Gasteiger partial charge >= 0.3 is 0 Å². The molecule has 1 amide bonds. The van der Waals surface area contributed by atoms with Gasteiger partial charge < -0.3 is 9.47 Å². The Labute approximate surface area is 147 Å². The Morgan fingerprint density at radius 2 is 2.20 bits per heavy atom. The normalized spacial score (nSPS) is 17.7. The van der Waals surface area contributed by atoms with Crippen LogP contribution in [0.15, 0.2) is 42.7 Å². The van der Waals surface area contributed by atoms with Crippen LogP contribution in [0.4, 0.5) is 0 Å². The van der Waals surface area contributed by atoms with Crippen LogP contribution in [0.3, 0.4) is 0 Å². The molecule has 25 heavy (non-hydrogen) atoms. The summed E-state index contributed by atoms with van der Waals surface area (Å²) in [6, 6.07) is 10.2. The zero-order valence-corrected chi connectivity index (χ0v) is 14.8. The highest BCUT2D eigenvalue weighted by atomic mass is 16.2. The summed E-state index contributed by atoms with van der Waals surface area (Å²) in [6.45, 7) is 6.17. The lowest BCUT2D eigenvalue weighted by molar-refractivity contribution is 0.0735. The van der Waals surface area contributed by atoms with E-state index in [0.29, 0.717) is 5.92 Å². The number of likely N-dealkylation sites (tertiary alicyclic amines) is 1. The minimum Gasteiger partial charge on any atom is -0.347 e. The predicted octanol–water partition coefficient (Wildman–Crippen LogP) is 4.00. The van der Waals surface area contributed by atoms with Crippen LogP contribution in [0.5, 0.6) is 0 Å². The van der Waals surface area contributed by atoms with Crippen molar-refractivity contribution in [3.8, 4) is 0 Å². The van der Waals surface area contributed by atoms with E-state index in [1.807, 2.05) is 23.1 Å². The molecule has 1 saturated heterocycles. The van der Waals surface area contributed by atoms with E-state index in [0.717, 1.165) is 48.1 Å². The molecule has 0 spiro atoms. The van der Waals surface area contributed by atoms with E-state index in [9.17, 15) is 4.79 Å². The number of fused-ring (bicyclic) bond motifs is 1. The molecule has 1 atom stereocenters. The molecular weight excluding hydrogens is 312 g/mol. The number of carbonyl (C=O) groups is 1. The van der Waals surface area contributed by atoms with Crippen molar-refractivity contribution in [3.63, 3.8) is 0 Å². The topological polar surface area (TPSA) is 53.9 Å². The highest BCUT2D eigenvalue weighted by molar-refractivity contribution is 6.06. The van der Waals surface area contributed by atoms with Gasteiger partial charge in [-0.2, -0.15) is 5.10 Å². The van der Waals surface area contributed by atoms with E-state index in [1.54, 1.807) is 6.20 Å². The zero-order chi connectivity index (χ0) is 17.4. The van der Waals surface area contributed by atoms with E-state index in [2.05, 4.69) is 46.9 Å². The number of carbonyl (C=O) groups excluding carboxylic acids is 1. The first-order valence-electron chi connectivity index (χ1n) is 9.03. The van der Waals surface area contributed by atoms with E-state index < -0.39 is 0 Å². The Bertz CT molecular complexity index is 878. The number of nitrogens with zero attached hydrogens (tertiary/aromatic N) is 3. The van der Waals surface area contributed by atoms with Crippen LogP contribution in [0.1, 0.15) is 48.8 Å². The number of nitrogens with one attached hydrogen (secondary N) is 1. The molecule has 1 aliphatic heterocycles. The monoisotopic (exact) mass is 336 g/mol. The molecule has 2 aromatic heterocycles. The van der Waals surface area contributed by atoms with Crippen molar-refractivity contribution in [1.82, 2.24) is 19.7 Å². The Morgan fingerprint density at radius 1 is 1.32 bits per heavy atom. The van der Waals surface area contributed by atoms with Crippen LogP contribution in [0.25, 0.3) is 10.9 Å². The molecule has 1 aliphatic rings. The summed E-state index contributed by atoms with van der Waals surface area (Å²) in [5, 5.41) is 8.12. The fourth-order valence-electron chi connectivity index (χ4n) is 3.90. The molecule has 0 saturated carbocycles. The summed E-state index contributed by atoms with van der Waals surface area (Å²) in [7, 11) is 0. The van der Waals surface area contributed by atoms with Gasteiger partial charge in [-0.25, -0.2) is 0 Å². The van der Waals surface area contributed by atoms with Crippen molar-refractivity contribution in [2.24, 2.45) is 5.92 Å². The molecule has 1 fully saturated rings. The van der Waals surface area contributed by atoms with Crippen LogP contribution >= 0.6 is 0 Å². The number of benzene rings is 1. The molecular formula is C20H24N4O. The average molecular weight is 336 g/mol. The highest BCUT2D eigenvalue weighted by Gasteiger charge is 2.32. The molecule has 0 aliphatic carbocycles. The largest absolute Gasteiger partial charge is 0.347 e. The first-order chi connectivity index (χ1) is 12.1. The van der Waals surface area contributed by atoms with E-state index in [4.69, 9.17) is 0 Å². The number of aromatic amines is 1. The molecule has 1 unspecified atom stereocenters. The molecule has 5 nitrogen and oxygen atoms in total. The van der Waals surface area contributed by atoms with Crippen molar-refractivity contribution in [1.29, 1.82) is 0 Å². The fraction of sp³-hybridized carbons (Fsp3) is 0.400. The summed E-state index contributed by atoms with van der Waals surface area (Å²) in [5.41, 5.74) is 2.96. The SMILES string of the molecule is CC(C)Cn1ccc2c(C(=O)N3CCCC3c3ccn[nH]3)cccc21. The third kappa shape index (κ3) is 2.84. The first-order valence-corrected chi connectivity index (χ1v) is 9.03. The summed E-state index contributed by atoms with van der Waals surface area (Å²) < 4.78 is 2.24. The number of aromatic nitrogens is 3. The van der Waals surface area contributed by atoms with Crippen molar-refractivity contribution < 1.29 is 4.79 Å². The zero-order valence-electron chi connectivity index (χ0n) is 14.8. The second-order valence-corrected chi connectivity index (χ2v) is 7.27. The number of hydrogen-bond donors (Lipinski definition) is 1. The fourth-order valence-corrected chi connectivity index (χ4v) is 3.90. The Kier molecular flexibility index (Phi) is 4.07. The molecule has 3 heterocycles. The van der Waals surface area contributed by atoms with Gasteiger partial charge in [-0.05, 0) is 43.0 Å². The van der Waals surface area contributed by atoms with Crippen molar-refractivity contribution in [3.05, 3.63) is 54.0 Å². The number of rotatable bonds is 4. The molecule has 1 N–H and O–H groups in total. The van der Waals surface area contributed by atoms with E-state index in [1.165, 1.54) is 0 Å². The maximum absolute atomic E-state index is 13.3. The van der Waals surface area contributed by atoms with Gasteiger partial charge in [0, 0.05) is 41.9 Å². The predicted molar refractivity (Wildman–Crippen MR) is 98.4 cm³/mol. The lowest BCUT2D eigenvalue weighted by atomic mass is 10.1. The molecule has 5 heteroatoms. The molecule has 0 bridgehead atoms. The third-order valence-electron chi connectivity index (χ3n) is 5.00. The van der Waals surface area contributed by atoms with Gasteiger partial charge in [-0.15, -0.1) is 0 Å². The molecule has 1 aromatic carbocycles. The van der Waals surface area contributed by atoms with Gasteiger partial charge in [0.25, 0.3) is 5.91 Å². The van der Waals surface area contributed by atoms with Gasteiger partial charge in [0.15, 0.2) is 0 Å². The Balaban J connectivity index is 1.69. The first kappa shape index (κ1) is 15.9. The molecule has 130 valence electrons. The second-order valence-electron chi connectivity index (χ2n) is 7.27. The van der Waals surface area contributed by atoms with Gasteiger partial charge in [0.2, 0.25) is 0 Å². The Morgan fingerprint density at radius 3 is 2.96 bits per heavy atom. The summed E-state index contributed by atoms with van der Waals surface area (Å²) in [4.78, 5) is 15.3. The third-order valence-corrected chi connectivity index (χ3v) is 5.00. The van der Waals surface area contributed by atoms with Crippen molar-refractivity contribution in [2.75, 3.05) is 6.54 Å². The van der Waals surface area contributed by atoms with Crippen molar-refractivity contribution in [2.45, 2.75) is 39.3 Å². The average Bonchev–Trinajstić information content (AvgIpc) is 3.33. The lowest BCUT2D eigenvalue weighted by Crippen LogP contribution is -2.30. The van der Waals surface area contributed by atoms with Gasteiger partial charge in [-0.1, -0.05) is 19.9 Å². The minimum absolute atomic E-state index is 0.100. The van der Waals surface area contributed by atoms with Crippen LogP contribution < -0.4 is 0 Å². The number of hydrogen-bond acceptors (Lipinski definition) is 2. The highest BCUT2D eigenvalue weighted by Crippen LogP contribution is 2.33. The number of amides is 1. The van der Waals surface area contributed by atoms with Crippen LogP contribution in [0, 0.1) is 5.92 Å². The molecule has 0 radical (unpaired) electrons. The lowest BCUT2D eigenvalue weighted by Gasteiger charge is -2.24. The summed E-state index contributed by atoms with van der Waals surface area (Å²) in [6.07, 6.45) is 5.86. The van der Waals surface area contributed by atoms with Crippen molar-refractivity contribution >= 4 is 16.8 Å². The summed E-state index contributed by atoms with van der Waals surface area (Å²) in [5.74, 6) is 0.684. The van der Waals surface area contributed by atoms with Crippen LogP contribution in [-0.4, -0.2) is 32.1 Å². The van der Waals surface area contributed by atoms with Gasteiger partial charge in [-0.3, -0.25) is 9.89 Å². The van der Waals surface area contributed by atoms with Gasteiger partial charge in [0.1, 0.15) is 0 Å².